The fourth-order valence-electron chi connectivity index (χ4n) is 2.18. The maximum atomic E-state index is 12.0. The number of hydrogen-bond donors (Lipinski definition) is 3. The normalized spacial score (nSPS) is 24.4. The van der Waals surface area contributed by atoms with E-state index in [9.17, 15) is 4.79 Å². The summed E-state index contributed by atoms with van der Waals surface area (Å²) in [5, 5.41) is 3.04. The Kier molecular flexibility index (Phi) is 3.59. The van der Waals surface area contributed by atoms with Crippen molar-refractivity contribution in [1.29, 1.82) is 0 Å². The number of benzene rings is 1. The summed E-state index contributed by atoms with van der Waals surface area (Å²) in [4.78, 5) is 17.3. The van der Waals surface area contributed by atoms with Gasteiger partial charge in [-0.15, -0.1) is 0 Å². The first-order valence-electron chi connectivity index (χ1n) is 6.11. The molecule has 7 heteroatoms. The molecule has 0 aromatic heterocycles. The second-order valence-electron chi connectivity index (χ2n) is 5.02. The van der Waals surface area contributed by atoms with E-state index in [2.05, 4.69) is 10.8 Å². The molecule has 7 nitrogen and oxygen atoms in total. The van der Waals surface area contributed by atoms with Crippen molar-refractivity contribution in [3.63, 3.8) is 0 Å². The topological polar surface area (TPSA) is 94.8 Å². The van der Waals surface area contributed by atoms with Gasteiger partial charge in [0.15, 0.2) is 0 Å². The third-order valence-electron chi connectivity index (χ3n) is 3.13. The number of hydroxylamine groups is 1. The van der Waals surface area contributed by atoms with Gasteiger partial charge in [-0.1, -0.05) is 0 Å². The molecule has 4 N–H and O–H groups in total. The van der Waals surface area contributed by atoms with Crippen molar-refractivity contribution in [2.75, 3.05) is 14.2 Å². The molecular formula is C13H19N3O4. The highest BCUT2D eigenvalue weighted by atomic mass is 16.7. The highest BCUT2D eigenvalue weighted by molar-refractivity contribution is 5.87. The second kappa shape index (κ2) is 4.93. The van der Waals surface area contributed by atoms with Gasteiger partial charge in [-0.25, -0.2) is 0 Å². The molecule has 1 heterocycles. The first kappa shape index (κ1) is 14.6. The quantitative estimate of drug-likeness (QED) is 0.730. The Balaban J connectivity index is 2.54. The second-order valence-corrected chi connectivity index (χ2v) is 5.02. The Labute approximate surface area is 117 Å². The monoisotopic (exact) mass is 281 g/mol. The predicted octanol–water partition coefficient (Wildman–Crippen LogP) is 0.202. The Morgan fingerprint density at radius 3 is 2.45 bits per heavy atom. The Morgan fingerprint density at radius 1 is 1.30 bits per heavy atom. The van der Waals surface area contributed by atoms with Crippen molar-refractivity contribution < 1.29 is 19.1 Å². The minimum Gasteiger partial charge on any atom is -0.497 e. The maximum absolute atomic E-state index is 12.0. The molecule has 1 saturated heterocycles. The van der Waals surface area contributed by atoms with Crippen LogP contribution in [0.4, 0.5) is 0 Å². The van der Waals surface area contributed by atoms with Crippen LogP contribution in [0.15, 0.2) is 18.2 Å². The van der Waals surface area contributed by atoms with Crippen molar-refractivity contribution in [1.82, 2.24) is 10.8 Å². The SMILES string of the molecule is COc1ccc(C2(C(N)=O)NOC(C)(C)N2)c(OC)c1. The molecule has 1 aliphatic rings. The smallest absolute Gasteiger partial charge is 0.259 e. The number of ether oxygens (including phenoxy) is 2. The minimum atomic E-state index is -1.36. The molecule has 110 valence electrons. The van der Waals surface area contributed by atoms with Crippen molar-refractivity contribution in [2.45, 2.75) is 25.2 Å². The van der Waals surface area contributed by atoms with E-state index in [0.29, 0.717) is 17.1 Å². The average Bonchev–Trinajstić information content (AvgIpc) is 2.75. The van der Waals surface area contributed by atoms with Crippen LogP contribution < -0.4 is 26.0 Å². The number of primary amides is 1. The number of carbonyl (C=O) groups is 1. The number of carbonyl (C=O) groups excluding carboxylic acids is 1. The van der Waals surface area contributed by atoms with E-state index >= 15 is 0 Å². The summed E-state index contributed by atoms with van der Waals surface area (Å²) < 4.78 is 10.5. The lowest BCUT2D eigenvalue weighted by Gasteiger charge is -2.28. The lowest BCUT2D eigenvalue weighted by Crippen LogP contribution is -2.58. The Morgan fingerprint density at radius 2 is 2.00 bits per heavy atom. The standard InChI is InChI=1S/C13H19N3O4/c1-12(2)15-13(11(14)17,16-20-12)9-6-5-8(18-3)7-10(9)19-4/h5-7,15-16H,1-4H3,(H2,14,17). The van der Waals surface area contributed by atoms with E-state index in [-0.39, 0.29) is 0 Å². The zero-order chi connectivity index (χ0) is 15.0. The van der Waals surface area contributed by atoms with Gasteiger partial charge in [0.2, 0.25) is 5.66 Å². The third kappa shape index (κ3) is 2.31. The number of nitrogens with two attached hydrogens (primary N) is 1. The maximum Gasteiger partial charge on any atom is 0.259 e. The summed E-state index contributed by atoms with van der Waals surface area (Å²) in [5.74, 6) is 0.458. The number of rotatable bonds is 4. The number of amides is 1. The minimum absolute atomic E-state index is 0.462. The van der Waals surface area contributed by atoms with Crippen molar-refractivity contribution in [3.8, 4) is 11.5 Å². The van der Waals surface area contributed by atoms with Gasteiger partial charge in [-0.05, 0) is 26.0 Å². The van der Waals surface area contributed by atoms with Crippen LogP contribution >= 0.6 is 0 Å². The third-order valence-corrected chi connectivity index (χ3v) is 3.13. The molecule has 1 fully saturated rings. The summed E-state index contributed by atoms with van der Waals surface area (Å²) in [7, 11) is 3.06. The Hall–Kier alpha value is -1.83. The first-order valence-corrected chi connectivity index (χ1v) is 6.11. The molecule has 1 aromatic rings. The molecule has 1 atom stereocenters. The summed E-state index contributed by atoms with van der Waals surface area (Å²) in [6.07, 6.45) is 0. The number of hydrogen-bond acceptors (Lipinski definition) is 6. The molecule has 1 aliphatic heterocycles. The highest BCUT2D eigenvalue weighted by Gasteiger charge is 2.51. The molecular weight excluding hydrogens is 262 g/mol. The predicted molar refractivity (Wildman–Crippen MR) is 71.9 cm³/mol. The molecule has 0 aliphatic carbocycles. The lowest BCUT2D eigenvalue weighted by atomic mass is 9.97. The zero-order valence-electron chi connectivity index (χ0n) is 11.9. The van der Waals surface area contributed by atoms with Gasteiger partial charge in [0.05, 0.1) is 14.2 Å². The van der Waals surface area contributed by atoms with Crippen LogP contribution in [0.25, 0.3) is 0 Å². The van der Waals surface area contributed by atoms with E-state index in [0.717, 1.165) is 0 Å². The van der Waals surface area contributed by atoms with Crippen molar-refractivity contribution in [3.05, 3.63) is 23.8 Å². The summed E-state index contributed by atoms with van der Waals surface area (Å²) in [6.45, 7) is 3.56. The molecule has 0 saturated carbocycles. The van der Waals surface area contributed by atoms with Gasteiger partial charge in [0.25, 0.3) is 5.91 Å². The van der Waals surface area contributed by atoms with E-state index in [1.165, 1.54) is 7.11 Å². The van der Waals surface area contributed by atoms with Crippen LogP contribution in [0.3, 0.4) is 0 Å². The molecule has 0 bridgehead atoms. The molecule has 0 radical (unpaired) electrons. The van der Waals surface area contributed by atoms with E-state index in [4.69, 9.17) is 20.0 Å². The van der Waals surface area contributed by atoms with Crippen LogP contribution in [0.2, 0.25) is 0 Å². The number of methoxy groups -OCH3 is 2. The van der Waals surface area contributed by atoms with E-state index in [1.54, 1.807) is 39.2 Å². The lowest BCUT2D eigenvalue weighted by molar-refractivity contribution is -0.128. The van der Waals surface area contributed by atoms with Crippen molar-refractivity contribution >= 4 is 5.91 Å². The average molecular weight is 281 g/mol. The van der Waals surface area contributed by atoms with Gasteiger partial charge in [0.1, 0.15) is 17.2 Å². The van der Waals surface area contributed by atoms with E-state index < -0.39 is 17.3 Å². The van der Waals surface area contributed by atoms with Gasteiger partial charge in [-0.2, -0.15) is 5.48 Å². The van der Waals surface area contributed by atoms with Crippen LogP contribution in [0.1, 0.15) is 19.4 Å². The molecule has 1 unspecified atom stereocenters. The van der Waals surface area contributed by atoms with Gasteiger partial charge in [-0.3, -0.25) is 14.9 Å². The fourth-order valence-corrected chi connectivity index (χ4v) is 2.18. The largest absolute Gasteiger partial charge is 0.497 e. The van der Waals surface area contributed by atoms with Crippen LogP contribution in [-0.4, -0.2) is 25.9 Å². The van der Waals surface area contributed by atoms with Gasteiger partial charge < -0.3 is 15.2 Å². The van der Waals surface area contributed by atoms with Crippen molar-refractivity contribution in [2.24, 2.45) is 5.73 Å². The first-order chi connectivity index (χ1) is 9.34. The van der Waals surface area contributed by atoms with E-state index in [1.807, 2.05) is 0 Å². The zero-order valence-corrected chi connectivity index (χ0v) is 11.9. The molecule has 2 rings (SSSR count). The summed E-state index contributed by atoms with van der Waals surface area (Å²) in [6, 6.07) is 5.10. The Bertz CT molecular complexity index is 532. The number of nitrogens with one attached hydrogen (secondary N) is 2. The molecule has 1 amide bonds. The highest BCUT2D eigenvalue weighted by Crippen LogP contribution is 2.35. The summed E-state index contributed by atoms with van der Waals surface area (Å²) in [5.41, 5.74) is 6.65. The summed E-state index contributed by atoms with van der Waals surface area (Å²) >= 11 is 0. The molecule has 20 heavy (non-hydrogen) atoms. The molecule has 1 aromatic carbocycles. The van der Waals surface area contributed by atoms with Gasteiger partial charge in [0, 0.05) is 11.6 Å². The van der Waals surface area contributed by atoms with Crippen LogP contribution in [0, 0.1) is 0 Å². The van der Waals surface area contributed by atoms with Crippen LogP contribution in [-0.2, 0) is 15.3 Å². The fraction of sp³-hybridized carbons (Fsp3) is 0.462. The van der Waals surface area contributed by atoms with Gasteiger partial charge >= 0.3 is 0 Å². The van der Waals surface area contributed by atoms with Crippen LogP contribution in [0.5, 0.6) is 11.5 Å². The molecule has 0 spiro atoms.